The molecule has 6 heteroatoms. The van der Waals surface area contributed by atoms with Crippen molar-refractivity contribution < 1.29 is 4.79 Å². The Morgan fingerprint density at radius 3 is 2.78 bits per heavy atom. The van der Waals surface area contributed by atoms with E-state index in [0.717, 1.165) is 6.42 Å². The predicted molar refractivity (Wildman–Crippen MR) is 67.6 cm³/mol. The largest absolute Gasteiger partial charge is 0.381 e. The van der Waals surface area contributed by atoms with Gasteiger partial charge in [0.25, 0.3) is 0 Å². The van der Waals surface area contributed by atoms with Gasteiger partial charge in [0.2, 0.25) is 5.91 Å². The van der Waals surface area contributed by atoms with E-state index >= 15 is 0 Å². The number of amides is 1. The molecular weight excluding hydrogens is 230 g/mol. The molecule has 18 heavy (non-hydrogen) atoms. The van der Waals surface area contributed by atoms with E-state index in [1.165, 1.54) is 16.4 Å². The van der Waals surface area contributed by atoms with Gasteiger partial charge in [-0.1, -0.05) is 35.5 Å². The zero-order valence-corrected chi connectivity index (χ0v) is 9.91. The lowest BCUT2D eigenvalue weighted by Crippen LogP contribution is -2.29. The normalized spacial score (nSPS) is 10.2. The van der Waals surface area contributed by atoms with E-state index in [0.29, 0.717) is 12.4 Å². The van der Waals surface area contributed by atoms with Gasteiger partial charge < -0.3 is 11.1 Å². The summed E-state index contributed by atoms with van der Waals surface area (Å²) in [6, 6.07) is 10.00. The second-order valence-electron chi connectivity index (χ2n) is 3.93. The van der Waals surface area contributed by atoms with Crippen molar-refractivity contribution in [2.45, 2.75) is 13.0 Å². The lowest BCUT2D eigenvalue weighted by Gasteiger charge is -2.04. The molecular formula is C12H15N5O. The van der Waals surface area contributed by atoms with Crippen LogP contribution in [-0.2, 0) is 17.8 Å². The van der Waals surface area contributed by atoms with Gasteiger partial charge in [0.15, 0.2) is 5.82 Å². The number of carbonyl (C=O) groups is 1. The Morgan fingerprint density at radius 2 is 2.11 bits per heavy atom. The van der Waals surface area contributed by atoms with Gasteiger partial charge in [-0.3, -0.25) is 4.79 Å². The first-order valence-electron chi connectivity index (χ1n) is 5.70. The van der Waals surface area contributed by atoms with E-state index in [4.69, 9.17) is 5.73 Å². The highest BCUT2D eigenvalue weighted by atomic mass is 16.2. The fourth-order valence-electron chi connectivity index (χ4n) is 1.58. The summed E-state index contributed by atoms with van der Waals surface area (Å²) in [5.74, 6) is 0.211. The van der Waals surface area contributed by atoms with Crippen molar-refractivity contribution in [1.29, 1.82) is 0 Å². The number of nitrogens with two attached hydrogens (primary N) is 1. The monoisotopic (exact) mass is 245 g/mol. The minimum Gasteiger partial charge on any atom is -0.381 e. The summed E-state index contributed by atoms with van der Waals surface area (Å²) >= 11 is 0. The molecule has 0 radical (unpaired) electrons. The van der Waals surface area contributed by atoms with Gasteiger partial charge in [-0.2, -0.15) is 0 Å². The highest BCUT2D eigenvalue weighted by Crippen LogP contribution is 1.98. The Bertz CT molecular complexity index is 508. The minimum atomic E-state index is -0.101. The van der Waals surface area contributed by atoms with Crippen LogP contribution in [0.5, 0.6) is 0 Å². The molecule has 0 atom stereocenters. The van der Waals surface area contributed by atoms with Crippen molar-refractivity contribution in [2.75, 3.05) is 12.3 Å². The van der Waals surface area contributed by atoms with Gasteiger partial charge in [-0.25, -0.2) is 4.68 Å². The highest BCUT2D eigenvalue weighted by molar-refractivity contribution is 5.75. The molecule has 3 N–H and O–H groups in total. The summed E-state index contributed by atoms with van der Waals surface area (Å²) in [6.07, 6.45) is 2.34. The number of hydrogen-bond donors (Lipinski definition) is 2. The lowest BCUT2D eigenvalue weighted by molar-refractivity contribution is -0.121. The standard InChI is InChI=1S/C12H15N5O/c13-11-8-17(16-15-11)9-12(18)14-7-6-10-4-2-1-3-5-10/h1-5,8H,6-7,9,13H2,(H,14,18). The molecule has 0 spiro atoms. The molecule has 1 amide bonds. The molecule has 1 aromatic carbocycles. The van der Waals surface area contributed by atoms with Crippen LogP contribution >= 0.6 is 0 Å². The smallest absolute Gasteiger partial charge is 0.241 e. The number of hydrogen-bond acceptors (Lipinski definition) is 4. The Labute approximate surface area is 105 Å². The van der Waals surface area contributed by atoms with Crippen LogP contribution < -0.4 is 11.1 Å². The number of nitrogens with zero attached hydrogens (tertiary/aromatic N) is 3. The molecule has 0 saturated heterocycles. The van der Waals surface area contributed by atoms with E-state index in [1.54, 1.807) is 0 Å². The Morgan fingerprint density at radius 1 is 1.33 bits per heavy atom. The van der Waals surface area contributed by atoms with Gasteiger partial charge in [0.05, 0.1) is 6.20 Å². The molecule has 0 saturated carbocycles. The second kappa shape index (κ2) is 5.81. The lowest BCUT2D eigenvalue weighted by atomic mass is 10.1. The van der Waals surface area contributed by atoms with Crippen LogP contribution in [-0.4, -0.2) is 27.4 Å². The van der Waals surface area contributed by atoms with Crippen LogP contribution in [0, 0.1) is 0 Å². The summed E-state index contributed by atoms with van der Waals surface area (Å²) < 4.78 is 1.41. The average molecular weight is 245 g/mol. The van der Waals surface area contributed by atoms with Crippen LogP contribution in [0.15, 0.2) is 36.5 Å². The van der Waals surface area contributed by atoms with E-state index in [2.05, 4.69) is 15.6 Å². The average Bonchev–Trinajstić information content (AvgIpc) is 2.76. The van der Waals surface area contributed by atoms with Crippen molar-refractivity contribution in [3.63, 3.8) is 0 Å². The maximum Gasteiger partial charge on any atom is 0.241 e. The molecule has 0 aliphatic heterocycles. The molecule has 0 unspecified atom stereocenters. The molecule has 0 aliphatic carbocycles. The maximum absolute atomic E-state index is 11.6. The van der Waals surface area contributed by atoms with Crippen molar-refractivity contribution in [2.24, 2.45) is 0 Å². The number of nitrogens with one attached hydrogen (secondary N) is 1. The maximum atomic E-state index is 11.6. The first-order chi connectivity index (χ1) is 8.74. The predicted octanol–water partition coefficient (Wildman–Crippen LogP) is 0.219. The summed E-state index contributed by atoms with van der Waals surface area (Å²) in [7, 11) is 0. The minimum absolute atomic E-state index is 0.101. The van der Waals surface area contributed by atoms with E-state index < -0.39 is 0 Å². The molecule has 1 heterocycles. The van der Waals surface area contributed by atoms with E-state index in [9.17, 15) is 4.79 Å². The number of aromatic nitrogens is 3. The molecule has 0 aliphatic rings. The van der Waals surface area contributed by atoms with Crippen molar-refractivity contribution in [3.05, 3.63) is 42.1 Å². The van der Waals surface area contributed by atoms with Crippen LogP contribution in [0.4, 0.5) is 5.82 Å². The van der Waals surface area contributed by atoms with Crippen molar-refractivity contribution in [1.82, 2.24) is 20.3 Å². The Hall–Kier alpha value is -2.37. The van der Waals surface area contributed by atoms with Crippen LogP contribution in [0.2, 0.25) is 0 Å². The first-order valence-corrected chi connectivity index (χ1v) is 5.70. The highest BCUT2D eigenvalue weighted by Gasteiger charge is 2.03. The number of rotatable bonds is 5. The third-order valence-corrected chi connectivity index (χ3v) is 2.44. The zero-order valence-electron chi connectivity index (χ0n) is 9.91. The number of benzene rings is 1. The first kappa shape index (κ1) is 12.1. The van der Waals surface area contributed by atoms with Gasteiger partial charge in [0.1, 0.15) is 6.54 Å². The zero-order chi connectivity index (χ0) is 12.8. The molecule has 0 bridgehead atoms. The number of nitrogen functional groups attached to an aromatic ring is 1. The molecule has 2 rings (SSSR count). The van der Waals surface area contributed by atoms with Crippen LogP contribution in [0.3, 0.4) is 0 Å². The summed E-state index contributed by atoms with van der Waals surface area (Å²) in [6.45, 7) is 0.742. The molecule has 94 valence electrons. The summed E-state index contributed by atoms with van der Waals surface area (Å²) in [4.78, 5) is 11.6. The fraction of sp³-hybridized carbons (Fsp3) is 0.250. The Balaban J connectivity index is 1.72. The summed E-state index contributed by atoms with van der Waals surface area (Å²) in [5.41, 5.74) is 6.60. The molecule has 0 fully saturated rings. The third-order valence-electron chi connectivity index (χ3n) is 2.44. The Kier molecular flexibility index (Phi) is 3.90. The topological polar surface area (TPSA) is 85.8 Å². The van der Waals surface area contributed by atoms with Crippen molar-refractivity contribution >= 4 is 11.7 Å². The third kappa shape index (κ3) is 3.58. The summed E-state index contributed by atoms with van der Waals surface area (Å²) in [5, 5.41) is 10.1. The van der Waals surface area contributed by atoms with Gasteiger partial charge in [0, 0.05) is 6.54 Å². The van der Waals surface area contributed by atoms with Gasteiger partial charge >= 0.3 is 0 Å². The van der Waals surface area contributed by atoms with Crippen LogP contribution in [0.1, 0.15) is 5.56 Å². The molecule has 2 aromatic rings. The van der Waals surface area contributed by atoms with E-state index in [-0.39, 0.29) is 12.5 Å². The van der Waals surface area contributed by atoms with E-state index in [1.807, 2.05) is 30.3 Å². The second-order valence-corrected chi connectivity index (χ2v) is 3.93. The molecule has 6 nitrogen and oxygen atoms in total. The fourth-order valence-corrected chi connectivity index (χ4v) is 1.58. The van der Waals surface area contributed by atoms with Gasteiger partial charge in [-0.15, -0.1) is 5.10 Å². The van der Waals surface area contributed by atoms with Gasteiger partial charge in [-0.05, 0) is 12.0 Å². The quantitative estimate of drug-likeness (QED) is 0.789. The SMILES string of the molecule is Nc1cn(CC(=O)NCCc2ccccc2)nn1. The van der Waals surface area contributed by atoms with Crippen LogP contribution in [0.25, 0.3) is 0 Å². The number of anilines is 1. The van der Waals surface area contributed by atoms with Crippen molar-refractivity contribution in [3.8, 4) is 0 Å². The number of carbonyl (C=O) groups excluding carboxylic acids is 1. The molecule has 1 aromatic heterocycles.